The molecule has 2 aromatic rings. The van der Waals surface area contributed by atoms with Crippen LogP contribution in [0.4, 0.5) is 0 Å². The fourth-order valence-corrected chi connectivity index (χ4v) is 2.62. The number of phenols is 2. The van der Waals surface area contributed by atoms with Crippen LogP contribution in [0.1, 0.15) is 0 Å². The van der Waals surface area contributed by atoms with Gasteiger partial charge in [0, 0.05) is 5.56 Å². The first-order chi connectivity index (χ1) is 10.5. The summed E-state index contributed by atoms with van der Waals surface area (Å²) in [4.78, 5) is 31.0. The Balaban J connectivity index is 0.000000257. The molecule has 0 aliphatic carbocycles. The summed E-state index contributed by atoms with van der Waals surface area (Å²) >= 11 is 0. The smallest absolute Gasteiger partial charge is 0.478 e. The number of phenolic OH excluding ortho intramolecular Hbond substituents is 2. The van der Waals surface area contributed by atoms with Gasteiger partial charge in [0.25, 0.3) is 0 Å². The molecule has 0 bridgehead atoms. The van der Waals surface area contributed by atoms with Crippen molar-refractivity contribution in [2.45, 2.75) is 0 Å². The van der Waals surface area contributed by atoms with Crippen LogP contribution in [0.15, 0.2) is 48.5 Å². The Morgan fingerprint density at radius 3 is 1.74 bits per heavy atom. The summed E-state index contributed by atoms with van der Waals surface area (Å²) < 4.78 is 22.2. The average molecular weight is 364 g/mol. The molecule has 23 heavy (non-hydrogen) atoms. The fraction of sp³-hybridized carbons (Fsp3) is 0. The number of phosphoric acid groups is 2. The molecule has 0 saturated heterocycles. The molecule has 0 atom stereocenters. The van der Waals surface area contributed by atoms with Crippen molar-refractivity contribution in [3.8, 4) is 22.6 Å². The van der Waals surface area contributed by atoms with E-state index in [2.05, 4.69) is 4.31 Å². The highest BCUT2D eigenvalue weighted by Crippen LogP contribution is 2.53. The molecule has 9 nitrogen and oxygen atoms in total. The highest BCUT2D eigenvalue weighted by atomic mass is 31.3. The highest BCUT2D eigenvalue weighted by molar-refractivity contribution is 7.60. The lowest BCUT2D eigenvalue weighted by Gasteiger charge is -2.04. The summed E-state index contributed by atoms with van der Waals surface area (Å²) in [7, 11) is -10.1. The lowest BCUT2D eigenvalue weighted by Crippen LogP contribution is -1.84. The predicted molar refractivity (Wildman–Crippen MR) is 80.4 cm³/mol. The van der Waals surface area contributed by atoms with Crippen LogP contribution >= 0.6 is 15.6 Å². The monoisotopic (exact) mass is 364 g/mol. The third-order valence-electron chi connectivity index (χ3n) is 2.28. The van der Waals surface area contributed by atoms with E-state index in [1.54, 1.807) is 6.07 Å². The van der Waals surface area contributed by atoms with E-state index in [-0.39, 0.29) is 11.5 Å². The molecule has 2 aromatic carbocycles. The molecule has 0 amide bonds. The van der Waals surface area contributed by atoms with Crippen LogP contribution in [0.2, 0.25) is 0 Å². The molecule has 0 aromatic heterocycles. The number of hydrogen-bond acceptors (Lipinski definition) is 5. The maximum atomic E-state index is 9.63. The Morgan fingerprint density at radius 2 is 1.30 bits per heavy atom. The molecule has 0 spiro atoms. The minimum Gasteiger partial charge on any atom is -0.508 e. The molecule has 0 fully saturated rings. The van der Waals surface area contributed by atoms with Crippen LogP contribution in [-0.2, 0) is 13.4 Å². The van der Waals surface area contributed by atoms with E-state index in [0.29, 0.717) is 5.56 Å². The molecule has 0 radical (unpaired) electrons. The third kappa shape index (κ3) is 7.92. The lowest BCUT2D eigenvalue weighted by atomic mass is 10.0. The Kier molecular flexibility index (Phi) is 6.49. The summed E-state index contributed by atoms with van der Waals surface area (Å²) in [6, 6.07) is 13.9. The molecule has 0 saturated carbocycles. The number of benzene rings is 2. The predicted octanol–water partition coefficient (Wildman–Crippen LogP) is 1.95. The maximum Gasteiger partial charge on any atom is 0.478 e. The topological polar surface area (TPSA) is 165 Å². The molecule has 2 rings (SSSR count). The van der Waals surface area contributed by atoms with Crippen molar-refractivity contribution in [3.05, 3.63) is 48.5 Å². The van der Waals surface area contributed by atoms with Crippen LogP contribution in [0.3, 0.4) is 0 Å². The van der Waals surface area contributed by atoms with Crippen LogP contribution in [0.5, 0.6) is 11.5 Å². The first-order valence-corrected chi connectivity index (χ1v) is 8.94. The van der Waals surface area contributed by atoms with E-state index in [0.717, 1.165) is 5.56 Å². The van der Waals surface area contributed by atoms with Gasteiger partial charge in [-0.05, 0) is 23.8 Å². The van der Waals surface area contributed by atoms with Gasteiger partial charge in [0.1, 0.15) is 11.5 Å². The van der Waals surface area contributed by atoms with Crippen molar-refractivity contribution in [2.75, 3.05) is 0 Å². The summed E-state index contributed by atoms with van der Waals surface area (Å²) in [5.41, 5.74) is 1.53. The van der Waals surface area contributed by atoms with E-state index < -0.39 is 15.6 Å². The molecular formula is C12H14O9P2. The van der Waals surface area contributed by atoms with E-state index >= 15 is 0 Å². The van der Waals surface area contributed by atoms with Gasteiger partial charge >= 0.3 is 15.6 Å². The van der Waals surface area contributed by atoms with Gasteiger partial charge in [-0.25, -0.2) is 9.13 Å². The lowest BCUT2D eigenvalue weighted by molar-refractivity contribution is 0.225. The van der Waals surface area contributed by atoms with Crippen molar-refractivity contribution in [1.82, 2.24) is 0 Å². The first kappa shape index (κ1) is 19.3. The Bertz CT molecular complexity index is 715. The minimum absolute atomic E-state index is 0.154. The summed E-state index contributed by atoms with van der Waals surface area (Å²) in [6.07, 6.45) is 0. The Labute approximate surface area is 130 Å². The molecule has 0 aliphatic rings. The maximum absolute atomic E-state index is 9.63. The molecule has 11 heteroatoms. The molecule has 6 N–H and O–H groups in total. The van der Waals surface area contributed by atoms with Crippen molar-refractivity contribution in [1.29, 1.82) is 0 Å². The average Bonchev–Trinajstić information content (AvgIpc) is 2.39. The molecular weight excluding hydrogens is 350 g/mol. The van der Waals surface area contributed by atoms with Crippen molar-refractivity contribution in [3.63, 3.8) is 0 Å². The quantitative estimate of drug-likeness (QED) is 0.353. The van der Waals surface area contributed by atoms with Gasteiger partial charge in [0.05, 0.1) is 0 Å². The zero-order valence-corrected chi connectivity index (χ0v) is 13.2. The van der Waals surface area contributed by atoms with Gasteiger partial charge in [-0.1, -0.05) is 30.3 Å². The Hall–Kier alpha value is -1.70. The van der Waals surface area contributed by atoms with Gasteiger partial charge < -0.3 is 29.8 Å². The second kappa shape index (κ2) is 7.72. The SMILES string of the molecule is O=P(O)(O)OP(=O)(O)O.Oc1ccc(O)c(-c2ccccc2)c1. The third-order valence-corrected chi connectivity index (χ3v) is 3.98. The number of aromatic hydroxyl groups is 2. The minimum atomic E-state index is -5.05. The summed E-state index contributed by atoms with van der Waals surface area (Å²) in [6.45, 7) is 0. The largest absolute Gasteiger partial charge is 0.508 e. The van der Waals surface area contributed by atoms with Gasteiger partial charge in [-0.2, -0.15) is 4.31 Å². The number of hydrogen-bond donors (Lipinski definition) is 6. The van der Waals surface area contributed by atoms with Crippen molar-refractivity contribution in [2.24, 2.45) is 0 Å². The number of rotatable bonds is 3. The summed E-state index contributed by atoms with van der Waals surface area (Å²) in [5.74, 6) is 0.329. The Morgan fingerprint density at radius 1 is 0.783 bits per heavy atom. The van der Waals surface area contributed by atoms with Crippen LogP contribution in [0, 0.1) is 0 Å². The van der Waals surface area contributed by atoms with Crippen LogP contribution in [-0.4, -0.2) is 29.8 Å². The van der Waals surface area contributed by atoms with E-state index in [4.69, 9.17) is 19.6 Å². The normalized spacial score (nSPS) is 11.5. The highest BCUT2D eigenvalue weighted by Gasteiger charge is 2.27. The second-order valence-electron chi connectivity index (χ2n) is 4.13. The zero-order valence-electron chi connectivity index (χ0n) is 11.4. The van der Waals surface area contributed by atoms with Crippen LogP contribution in [0.25, 0.3) is 11.1 Å². The van der Waals surface area contributed by atoms with Gasteiger partial charge in [0.2, 0.25) is 0 Å². The van der Waals surface area contributed by atoms with Gasteiger partial charge in [0.15, 0.2) is 0 Å². The van der Waals surface area contributed by atoms with Crippen molar-refractivity contribution >= 4 is 15.6 Å². The summed E-state index contributed by atoms with van der Waals surface area (Å²) in [5, 5.41) is 18.9. The van der Waals surface area contributed by atoms with E-state index in [9.17, 15) is 19.3 Å². The van der Waals surface area contributed by atoms with Crippen LogP contribution < -0.4 is 0 Å². The molecule has 0 aliphatic heterocycles. The second-order valence-corrected chi connectivity index (χ2v) is 6.75. The first-order valence-electron chi connectivity index (χ1n) is 5.88. The van der Waals surface area contributed by atoms with Crippen molar-refractivity contribution < 1.29 is 43.2 Å². The standard InChI is InChI=1S/C12H10O2.H4O7P2/c13-10-6-7-12(14)11(8-10)9-4-2-1-3-5-9;1-8(2,3)7-9(4,5)6/h1-8,13-14H;(H2,1,2,3)(H2,4,5,6). The van der Waals surface area contributed by atoms with E-state index in [1.165, 1.54) is 12.1 Å². The fourth-order valence-electron chi connectivity index (χ4n) is 1.51. The van der Waals surface area contributed by atoms with Gasteiger partial charge in [-0.3, -0.25) is 0 Å². The molecule has 0 heterocycles. The van der Waals surface area contributed by atoms with E-state index in [1.807, 2.05) is 30.3 Å². The zero-order chi connectivity index (χ0) is 17.7. The molecule has 126 valence electrons. The van der Waals surface area contributed by atoms with Gasteiger partial charge in [-0.15, -0.1) is 0 Å². The molecule has 0 unspecified atom stereocenters.